The molecule has 5 rings (SSSR count). The third-order valence-corrected chi connectivity index (χ3v) is 4.37. The van der Waals surface area contributed by atoms with Gasteiger partial charge in [0.1, 0.15) is 11.7 Å². The lowest BCUT2D eigenvalue weighted by Crippen LogP contribution is -2.05. The van der Waals surface area contributed by atoms with Crippen LogP contribution in [0.15, 0.2) is 57.7 Å². The highest BCUT2D eigenvalue weighted by Crippen LogP contribution is 2.30. The van der Waals surface area contributed by atoms with E-state index in [-0.39, 0.29) is 0 Å². The number of nitrogens with two attached hydrogens (primary N) is 1. The Hall–Kier alpha value is -3.85. The van der Waals surface area contributed by atoms with Crippen molar-refractivity contribution in [1.29, 1.82) is 5.26 Å². The number of benzene rings is 2. The molecule has 0 saturated heterocycles. The smallest absolute Gasteiger partial charge is 0.345 e. The summed E-state index contributed by atoms with van der Waals surface area (Å²) >= 11 is 0. The molecule has 0 aliphatic carbocycles. The van der Waals surface area contributed by atoms with Crippen LogP contribution in [0.3, 0.4) is 0 Å². The fourth-order valence-corrected chi connectivity index (χ4v) is 3.31. The molecule has 0 aliphatic rings. The maximum absolute atomic E-state index is 12.5. The maximum atomic E-state index is 12.5. The second-order valence-corrected chi connectivity index (χ2v) is 5.84. The molecule has 118 valence electrons. The summed E-state index contributed by atoms with van der Waals surface area (Å²) < 4.78 is 7.26. The van der Waals surface area contributed by atoms with Gasteiger partial charge in [-0.1, -0.05) is 12.1 Å². The summed E-state index contributed by atoms with van der Waals surface area (Å²) in [4.78, 5) is 17.1. The number of nitrogens with zero attached hydrogens (tertiary/aromatic N) is 3. The molecular formula is C19H10N4O2. The first-order chi connectivity index (χ1) is 12.2. The Labute approximate surface area is 140 Å². The number of aromatic nitrogens is 2. The van der Waals surface area contributed by atoms with Crippen LogP contribution < -0.4 is 11.4 Å². The predicted octanol–water partition coefficient (Wildman–Crippen LogP) is 3.20. The van der Waals surface area contributed by atoms with E-state index in [9.17, 15) is 10.1 Å². The van der Waals surface area contributed by atoms with Gasteiger partial charge in [0.05, 0.1) is 27.5 Å². The van der Waals surface area contributed by atoms with Gasteiger partial charge in [0, 0.05) is 17.1 Å². The van der Waals surface area contributed by atoms with E-state index in [1.54, 1.807) is 12.1 Å². The van der Waals surface area contributed by atoms with E-state index in [1.165, 1.54) is 6.07 Å². The Kier molecular flexibility index (Phi) is 2.49. The van der Waals surface area contributed by atoms with Gasteiger partial charge in [0.15, 0.2) is 5.65 Å². The molecule has 0 bridgehead atoms. The molecule has 2 N–H and O–H groups in total. The number of hydrogen-bond donors (Lipinski definition) is 1. The summed E-state index contributed by atoms with van der Waals surface area (Å²) in [5.74, 6) is 0. The molecule has 2 aromatic carbocycles. The van der Waals surface area contributed by atoms with Crippen LogP contribution in [0.4, 0.5) is 5.69 Å². The van der Waals surface area contributed by atoms with E-state index in [1.807, 2.05) is 34.7 Å². The summed E-state index contributed by atoms with van der Waals surface area (Å²) in [6, 6.07) is 16.4. The number of imidazole rings is 1. The number of hydrogen-bond acceptors (Lipinski definition) is 5. The molecule has 25 heavy (non-hydrogen) atoms. The number of para-hydroxylation sites is 2. The van der Waals surface area contributed by atoms with Crippen molar-refractivity contribution in [3.8, 4) is 6.07 Å². The highest BCUT2D eigenvalue weighted by Gasteiger charge is 2.17. The highest BCUT2D eigenvalue weighted by atomic mass is 16.4. The Morgan fingerprint density at radius 3 is 2.80 bits per heavy atom. The van der Waals surface area contributed by atoms with Crippen LogP contribution in [0.2, 0.25) is 0 Å². The van der Waals surface area contributed by atoms with Crippen molar-refractivity contribution >= 4 is 44.2 Å². The number of rotatable bonds is 0. The lowest BCUT2D eigenvalue weighted by atomic mass is 10.1. The first-order valence-electron chi connectivity index (χ1n) is 7.64. The highest BCUT2D eigenvalue weighted by molar-refractivity contribution is 6.06. The molecule has 0 atom stereocenters. The zero-order valence-corrected chi connectivity index (χ0v) is 12.9. The van der Waals surface area contributed by atoms with Crippen molar-refractivity contribution in [3.63, 3.8) is 0 Å². The zero-order valence-electron chi connectivity index (χ0n) is 12.9. The first kappa shape index (κ1) is 13.6. The molecule has 3 heterocycles. The van der Waals surface area contributed by atoms with Crippen LogP contribution in [0.25, 0.3) is 38.6 Å². The summed E-state index contributed by atoms with van der Waals surface area (Å²) in [5, 5.41) is 10.6. The van der Waals surface area contributed by atoms with Crippen LogP contribution in [0, 0.1) is 11.3 Å². The topological polar surface area (TPSA) is 97.3 Å². The Bertz CT molecular complexity index is 1440. The fraction of sp³-hybridized carbons (Fsp3) is 0. The standard InChI is InChI=1S/C19H10N4O2/c20-9-10-7-13-17(12-6-5-11(21)8-16(12)25-19(13)24)23-15-4-2-1-3-14(15)22-18(10)23/h1-8H,21H2. The van der Waals surface area contributed by atoms with Gasteiger partial charge in [-0.3, -0.25) is 4.40 Å². The summed E-state index contributed by atoms with van der Waals surface area (Å²) in [6.45, 7) is 0. The molecule has 0 aliphatic heterocycles. The molecule has 0 fully saturated rings. The van der Waals surface area contributed by atoms with Gasteiger partial charge in [0.25, 0.3) is 0 Å². The number of anilines is 1. The van der Waals surface area contributed by atoms with Crippen LogP contribution >= 0.6 is 0 Å². The summed E-state index contributed by atoms with van der Waals surface area (Å²) in [6.07, 6.45) is 0. The van der Waals surface area contributed by atoms with Crippen LogP contribution in [0.5, 0.6) is 0 Å². The molecule has 6 nitrogen and oxygen atoms in total. The summed E-state index contributed by atoms with van der Waals surface area (Å²) in [5.41, 5.74) is 9.30. The largest absolute Gasteiger partial charge is 0.422 e. The average molecular weight is 326 g/mol. The van der Waals surface area contributed by atoms with Crippen molar-refractivity contribution in [2.24, 2.45) is 0 Å². The number of fused-ring (bicyclic) bond motifs is 7. The predicted molar refractivity (Wildman–Crippen MR) is 95.4 cm³/mol. The lowest BCUT2D eigenvalue weighted by molar-refractivity contribution is 0.569. The number of nitrogen functional groups attached to an aromatic ring is 1. The summed E-state index contributed by atoms with van der Waals surface area (Å²) in [7, 11) is 0. The van der Waals surface area contributed by atoms with E-state index < -0.39 is 5.63 Å². The molecule has 0 spiro atoms. The van der Waals surface area contributed by atoms with Gasteiger partial charge < -0.3 is 10.2 Å². The number of pyridine rings is 1. The van der Waals surface area contributed by atoms with Gasteiger partial charge in [-0.2, -0.15) is 5.26 Å². The third-order valence-electron chi connectivity index (χ3n) is 4.37. The van der Waals surface area contributed by atoms with Crippen LogP contribution in [-0.4, -0.2) is 9.38 Å². The minimum absolute atomic E-state index is 0.325. The van der Waals surface area contributed by atoms with E-state index in [0.717, 1.165) is 16.4 Å². The van der Waals surface area contributed by atoms with Crippen molar-refractivity contribution < 1.29 is 4.42 Å². The second kappa shape index (κ2) is 4.58. The third kappa shape index (κ3) is 1.72. The normalized spacial score (nSPS) is 11.5. The average Bonchev–Trinajstić information content (AvgIpc) is 3.00. The van der Waals surface area contributed by atoms with Crippen LogP contribution in [0.1, 0.15) is 5.56 Å². The zero-order chi connectivity index (χ0) is 17.1. The molecule has 0 unspecified atom stereocenters. The molecule has 5 aromatic rings. The maximum Gasteiger partial charge on any atom is 0.345 e. The molecule has 0 saturated carbocycles. The molecular weight excluding hydrogens is 316 g/mol. The van der Waals surface area contributed by atoms with Crippen molar-refractivity contribution in [2.45, 2.75) is 0 Å². The SMILES string of the molecule is N#Cc1cc2c(=O)oc3cc(N)ccc3c2n2c1nc1ccccc12. The van der Waals surface area contributed by atoms with Crippen molar-refractivity contribution in [2.75, 3.05) is 5.73 Å². The first-order valence-corrected chi connectivity index (χ1v) is 7.64. The monoisotopic (exact) mass is 326 g/mol. The number of nitriles is 1. The van der Waals surface area contributed by atoms with Crippen molar-refractivity contribution in [1.82, 2.24) is 9.38 Å². The molecule has 0 radical (unpaired) electrons. The molecule has 6 heteroatoms. The van der Waals surface area contributed by atoms with E-state index in [0.29, 0.717) is 33.4 Å². The van der Waals surface area contributed by atoms with E-state index in [4.69, 9.17) is 10.2 Å². The Morgan fingerprint density at radius 2 is 1.96 bits per heavy atom. The van der Waals surface area contributed by atoms with Gasteiger partial charge in [-0.25, -0.2) is 9.78 Å². The van der Waals surface area contributed by atoms with Gasteiger partial charge in [0.2, 0.25) is 0 Å². The van der Waals surface area contributed by atoms with Gasteiger partial charge in [-0.15, -0.1) is 0 Å². The van der Waals surface area contributed by atoms with Gasteiger partial charge >= 0.3 is 5.63 Å². The minimum atomic E-state index is -0.510. The van der Waals surface area contributed by atoms with Crippen molar-refractivity contribution in [3.05, 3.63) is 64.5 Å². The second-order valence-electron chi connectivity index (χ2n) is 5.84. The van der Waals surface area contributed by atoms with Gasteiger partial charge in [-0.05, 0) is 30.3 Å². The Morgan fingerprint density at radius 1 is 1.12 bits per heavy atom. The molecule has 3 aromatic heterocycles. The molecule has 0 amide bonds. The fourth-order valence-electron chi connectivity index (χ4n) is 3.31. The minimum Gasteiger partial charge on any atom is -0.422 e. The van der Waals surface area contributed by atoms with E-state index in [2.05, 4.69) is 11.1 Å². The quantitative estimate of drug-likeness (QED) is 0.268. The lowest BCUT2D eigenvalue weighted by Gasteiger charge is -2.08. The Balaban J connectivity index is 2.22. The van der Waals surface area contributed by atoms with E-state index >= 15 is 0 Å². The van der Waals surface area contributed by atoms with Crippen LogP contribution in [-0.2, 0) is 0 Å².